The molecule has 0 spiro atoms. The van der Waals surface area contributed by atoms with E-state index < -0.39 is 0 Å². The van der Waals surface area contributed by atoms with E-state index in [-0.39, 0.29) is 11.2 Å². The maximum absolute atomic E-state index is 14.1. The topological polar surface area (TPSA) is 25.8 Å². The van der Waals surface area contributed by atoms with Crippen LogP contribution in [0, 0.1) is 11.7 Å². The summed E-state index contributed by atoms with van der Waals surface area (Å²) in [6, 6.07) is 8.88. The molecule has 0 aliphatic heterocycles. The van der Waals surface area contributed by atoms with E-state index in [4.69, 9.17) is 0 Å². The maximum atomic E-state index is 14.1. The highest BCUT2D eigenvalue weighted by Gasteiger charge is 2.38. The zero-order chi connectivity index (χ0) is 16.6. The summed E-state index contributed by atoms with van der Waals surface area (Å²) >= 11 is 0. The van der Waals surface area contributed by atoms with Crippen molar-refractivity contribution in [3.8, 4) is 11.3 Å². The molecule has 2 aromatic rings. The Balaban J connectivity index is 2.15. The molecule has 0 saturated carbocycles. The third kappa shape index (κ3) is 2.77. The van der Waals surface area contributed by atoms with Crippen LogP contribution in [0.3, 0.4) is 0 Å². The molecule has 2 nitrogen and oxygen atoms in total. The minimum Gasteiger partial charge on any atom is -0.206 e. The molecule has 0 fully saturated rings. The van der Waals surface area contributed by atoms with Crippen molar-refractivity contribution in [2.45, 2.75) is 58.3 Å². The quantitative estimate of drug-likeness (QED) is 0.749. The largest absolute Gasteiger partial charge is 0.206 e. The van der Waals surface area contributed by atoms with Crippen molar-refractivity contribution in [1.82, 2.24) is 10.2 Å². The van der Waals surface area contributed by atoms with Crippen molar-refractivity contribution in [3.63, 3.8) is 0 Å². The highest BCUT2D eigenvalue weighted by molar-refractivity contribution is 5.61. The van der Waals surface area contributed by atoms with Gasteiger partial charge in [-0.3, -0.25) is 0 Å². The highest BCUT2D eigenvalue weighted by atomic mass is 19.1. The Bertz CT molecular complexity index is 711. The summed E-state index contributed by atoms with van der Waals surface area (Å²) in [7, 11) is 0. The van der Waals surface area contributed by atoms with Gasteiger partial charge in [-0.15, -0.1) is 0 Å². The fourth-order valence-corrected chi connectivity index (χ4v) is 3.74. The predicted molar refractivity (Wildman–Crippen MR) is 91.9 cm³/mol. The van der Waals surface area contributed by atoms with Crippen LogP contribution in [0.15, 0.2) is 30.3 Å². The average Bonchev–Trinajstić information content (AvgIpc) is 2.55. The monoisotopic (exact) mass is 312 g/mol. The van der Waals surface area contributed by atoms with Crippen molar-refractivity contribution in [3.05, 3.63) is 47.4 Å². The molecule has 1 aliphatic rings. The molecule has 1 aromatic heterocycles. The smallest absolute Gasteiger partial charge is 0.132 e. The first-order valence-corrected chi connectivity index (χ1v) is 8.59. The number of hydrogen-bond donors (Lipinski definition) is 0. The molecule has 1 aliphatic carbocycles. The van der Waals surface area contributed by atoms with Gasteiger partial charge in [-0.2, -0.15) is 10.2 Å². The van der Waals surface area contributed by atoms with Crippen molar-refractivity contribution >= 4 is 0 Å². The second-order valence-electron chi connectivity index (χ2n) is 7.32. The molecule has 3 heteroatoms. The van der Waals surface area contributed by atoms with Crippen LogP contribution in [-0.4, -0.2) is 10.2 Å². The molecule has 3 rings (SSSR count). The number of fused-ring (bicyclic) bond motifs is 1. The Morgan fingerprint density at radius 2 is 2.00 bits per heavy atom. The van der Waals surface area contributed by atoms with Crippen LogP contribution in [0.4, 0.5) is 4.39 Å². The zero-order valence-electron chi connectivity index (χ0n) is 14.4. The first-order chi connectivity index (χ1) is 11.0. The molecule has 0 bridgehead atoms. The van der Waals surface area contributed by atoms with Crippen molar-refractivity contribution in [1.29, 1.82) is 0 Å². The van der Waals surface area contributed by atoms with Gasteiger partial charge in [0.2, 0.25) is 0 Å². The van der Waals surface area contributed by atoms with E-state index in [9.17, 15) is 4.39 Å². The molecular weight excluding hydrogens is 287 g/mol. The lowest BCUT2D eigenvalue weighted by molar-refractivity contribution is 0.307. The van der Waals surface area contributed by atoms with E-state index in [0.29, 0.717) is 23.1 Å². The second kappa shape index (κ2) is 6.03. The Hall–Kier alpha value is -1.77. The standard InChI is InChI=1S/C20H25FN2/c1-5-20(4)11-10-14(13(2)3)16-12-18(22-23-19(16)20)15-8-6-7-9-17(15)21/h6-9,12-14H,5,10-11H2,1-4H3/t14-,20+/m0/s1. The van der Waals surface area contributed by atoms with Gasteiger partial charge in [0.1, 0.15) is 5.82 Å². The number of nitrogens with zero attached hydrogens (tertiary/aromatic N) is 2. The first kappa shape index (κ1) is 16.1. The number of halogens is 1. The van der Waals surface area contributed by atoms with Gasteiger partial charge in [-0.25, -0.2) is 4.39 Å². The van der Waals surface area contributed by atoms with Gasteiger partial charge in [-0.1, -0.05) is 39.8 Å². The normalized spacial score (nSPS) is 23.8. The van der Waals surface area contributed by atoms with E-state index in [1.165, 1.54) is 11.6 Å². The Kier molecular flexibility index (Phi) is 4.22. The van der Waals surface area contributed by atoms with Crippen LogP contribution >= 0.6 is 0 Å². The Morgan fingerprint density at radius 3 is 2.65 bits per heavy atom. The summed E-state index contributed by atoms with van der Waals surface area (Å²) in [5.41, 5.74) is 3.65. The highest BCUT2D eigenvalue weighted by Crippen LogP contribution is 2.46. The third-order valence-corrected chi connectivity index (χ3v) is 5.54. The van der Waals surface area contributed by atoms with Crippen LogP contribution in [0.25, 0.3) is 11.3 Å². The molecule has 0 saturated heterocycles. The fourth-order valence-electron chi connectivity index (χ4n) is 3.74. The molecule has 0 N–H and O–H groups in total. The zero-order valence-corrected chi connectivity index (χ0v) is 14.4. The molecule has 1 heterocycles. The van der Waals surface area contributed by atoms with Gasteiger partial charge >= 0.3 is 0 Å². The predicted octanol–water partition coefficient (Wildman–Crippen LogP) is 5.48. The lowest BCUT2D eigenvalue weighted by atomic mass is 9.66. The van der Waals surface area contributed by atoms with E-state index in [1.54, 1.807) is 12.1 Å². The SMILES string of the molecule is CC[C@]1(C)CC[C@@H](C(C)C)c2cc(-c3ccccc3F)nnc21. The summed E-state index contributed by atoms with van der Waals surface area (Å²) in [5.74, 6) is 0.787. The van der Waals surface area contributed by atoms with E-state index >= 15 is 0 Å². The number of hydrogen-bond acceptors (Lipinski definition) is 2. The molecular formula is C20H25FN2. The summed E-state index contributed by atoms with van der Waals surface area (Å²) in [4.78, 5) is 0. The van der Waals surface area contributed by atoms with E-state index in [1.807, 2.05) is 6.07 Å². The second-order valence-corrected chi connectivity index (χ2v) is 7.32. The minimum absolute atomic E-state index is 0.0848. The fraction of sp³-hybridized carbons (Fsp3) is 0.500. The summed E-state index contributed by atoms with van der Waals surface area (Å²) < 4.78 is 14.1. The van der Waals surface area contributed by atoms with Gasteiger partial charge < -0.3 is 0 Å². The van der Waals surface area contributed by atoms with Crippen LogP contribution in [0.2, 0.25) is 0 Å². The maximum Gasteiger partial charge on any atom is 0.132 e. The van der Waals surface area contributed by atoms with Gasteiger partial charge in [-0.05, 0) is 54.9 Å². The lowest BCUT2D eigenvalue weighted by Crippen LogP contribution is -2.32. The van der Waals surface area contributed by atoms with Gasteiger partial charge in [0.25, 0.3) is 0 Å². The van der Waals surface area contributed by atoms with Gasteiger partial charge in [0.15, 0.2) is 0 Å². The Labute approximate surface area is 138 Å². The molecule has 23 heavy (non-hydrogen) atoms. The summed E-state index contributed by atoms with van der Waals surface area (Å²) in [6.07, 6.45) is 3.36. The van der Waals surface area contributed by atoms with Crippen molar-refractivity contribution in [2.24, 2.45) is 5.92 Å². The van der Waals surface area contributed by atoms with E-state index in [0.717, 1.165) is 25.0 Å². The molecule has 0 unspecified atom stereocenters. The molecule has 1 aromatic carbocycles. The van der Waals surface area contributed by atoms with Crippen LogP contribution in [0.5, 0.6) is 0 Å². The van der Waals surface area contributed by atoms with Crippen molar-refractivity contribution in [2.75, 3.05) is 0 Å². The van der Waals surface area contributed by atoms with Crippen molar-refractivity contribution < 1.29 is 4.39 Å². The summed E-state index contributed by atoms with van der Waals surface area (Å²) in [5, 5.41) is 8.95. The average molecular weight is 312 g/mol. The number of rotatable bonds is 3. The lowest BCUT2D eigenvalue weighted by Gasteiger charge is -2.39. The van der Waals surface area contributed by atoms with E-state index in [2.05, 4.69) is 44.0 Å². The molecule has 122 valence electrons. The van der Waals surface area contributed by atoms with Crippen LogP contribution < -0.4 is 0 Å². The molecule has 0 amide bonds. The third-order valence-electron chi connectivity index (χ3n) is 5.54. The van der Waals surface area contributed by atoms with Gasteiger partial charge in [0, 0.05) is 11.0 Å². The number of benzene rings is 1. The Morgan fingerprint density at radius 1 is 1.26 bits per heavy atom. The molecule has 0 radical (unpaired) electrons. The summed E-state index contributed by atoms with van der Waals surface area (Å²) in [6.45, 7) is 9.00. The van der Waals surface area contributed by atoms with Gasteiger partial charge in [0.05, 0.1) is 11.4 Å². The minimum atomic E-state index is -0.239. The molecule has 2 atom stereocenters. The first-order valence-electron chi connectivity index (χ1n) is 8.59. The van der Waals surface area contributed by atoms with Crippen LogP contribution in [0.1, 0.15) is 64.1 Å². The van der Waals surface area contributed by atoms with Crippen LogP contribution in [-0.2, 0) is 5.41 Å². The number of aromatic nitrogens is 2.